The fraction of sp³-hybridized carbons (Fsp3) is 0.217. The fourth-order valence-electron chi connectivity index (χ4n) is 3.14. The number of hydrogen-bond acceptors (Lipinski definition) is 4. The van der Waals surface area contributed by atoms with Gasteiger partial charge in [-0.2, -0.15) is 0 Å². The highest BCUT2D eigenvalue weighted by atomic mass is 15.1. The van der Waals surface area contributed by atoms with Crippen LogP contribution in [0.5, 0.6) is 0 Å². The minimum Gasteiger partial charge on any atom is -0.300 e. The SMILES string of the molecule is Cc1ccccc1-n1ccnc1-c1cccc(-c2ncnc(C(C)(C)C)n2)c1. The van der Waals surface area contributed by atoms with Crippen molar-refractivity contribution in [1.82, 2.24) is 24.5 Å². The molecule has 0 aliphatic heterocycles. The second kappa shape index (κ2) is 7.00. The third-order valence-corrected chi connectivity index (χ3v) is 4.64. The highest BCUT2D eigenvalue weighted by Crippen LogP contribution is 2.27. The molecule has 0 saturated carbocycles. The number of aryl methyl sites for hydroxylation is 1. The van der Waals surface area contributed by atoms with Crippen LogP contribution in [0.1, 0.15) is 32.2 Å². The lowest BCUT2D eigenvalue weighted by molar-refractivity contribution is 0.542. The van der Waals surface area contributed by atoms with Gasteiger partial charge in [-0.25, -0.2) is 19.9 Å². The maximum atomic E-state index is 4.68. The van der Waals surface area contributed by atoms with E-state index < -0.39 is 0 Å². The summed E-state index contributed by atoms with van der Waals surface area (Å²) < 4.78 is 2.11. The van der Waals surface area contributed by atoms with Crippen molar-refractivity contribution in [2.75, 3.05) is 0 Å². The molecule has 0 atom stereocenters. The first-order valence-electron chi connectivity index (χ1n) is 9.33. The molecule has 0 radical (unpaired) electrons. The van der Waals surface area contributed by atoms with E-state index in [1.807, 2.05) is 36.7 Å². The van der Waals surface area contributed by atoms with Gasteiger partial charge < -0.3 is 0 Å². The van der Waals surface area contributed by atoms with Gasteiger partial charge in [-0.3, -0.25) is 4.57 Å². The molecular formula is C23H23N5. The molecule has 0 spiro atoms. The zero-order chi connectivity index (χ0) is 19.7. The lowest BCUT2D eigenvalue weighted by atomic mass is 9.96. The minimum absolute atomic E-state index is 0.129. The molecule has 0 aliphatic rings. The molecule has 4 aromatic rings. The average molecular weight is 369 g/mol. The van der Waals surface area contributed by atoms with E-state index in [1.54, 1.807) is 6.33 Å². The lowest BCUT2D eigenvalue weighted by Gasteiger charge is -2.16. The van der Waals surface area contributed by atoms with Crippen molar-refractivity contribution in [2.45, 2.75) is 33.1 Å². The van der Waals surface area contributed by atoms with Gasteiger partial charge in [0.15, 0.2) is 5.82 Å². The van der Waals surface area contributed by atoms with Gasteiger partial charge in [0.25, 0.3) is 0 Å². The molecule has 28 heavy (non-hydrogen) atoms. The highest BCUT2D eigenvalue weighted by molar-refractivity contribution is 5.67. The number of nitrogens with zero attached hydrogens (tertiary/aromatic N) is 5. The second-order valence-corrected chi connectivity index (χ2v) is 7.87. The monoisotopic (exact) mass is 369 g/mol. The molecule has 0 aliphatic carbocycles. The quantitative estimate of drug-likeness (QED) is 0.510. The van der Waals surface area contributed by atoms with Crippen molar-refractivity contribution >= 4 is 0 Å². The zero-order valence-electron chi connectivity index (χ0n) is 16.6. The topological polar surface area (TPSA) is 56.5 Å². The fourth-order valence-corrected chi connectivity index (χ4v) is 3.14. The molecule has 0 N–H and O–H groups in total. The van der Waals surface area contributed by atoms with Crippen molar-refractivity contribution in [3.63, 3.8) is 0 Å². The van der Waals surface area contributed by atoms with Crippen LogP contribution in [0.4, 0.5) is 0 Å². The normalized spacial score (nSPS) is 11.6. The molecular weight excluding hydrogens is 346 g/mol. The first-order valence-corrected chi connectivity index (χ1v) is 9.33. The Labute approximate surface area is 165 Å². The van der Waals surface area contributed by atoms with Crippen LogP contribution in [0.3, 0.4) is 0 Å². The summed E-state index contributed by atoms with van der Waals surface area (Å²) in [5.74, 6) is 2.35. The third-order valence-electron chi connectivity index (χ3n) is 4.64. The minimum atomic E-state index is -0.129. The van der Waals surface area contributed by atoms with Crippen LogP contribution in [0.15, 0.2) is 67.3 Å². The van der Waals surface area contributed by atoms with Crippen LogP contribution in [0, 0.1) is 6.92 Å². The predicted molar refractivity (Wildman–Crippen MR) is 111 cm³/mol. The summed E-state index contributed by atoms with van der Waals surface area (Å²) in [6.07, 6.45) is 5.41. The highest BCUT2D eigenvalue weighted by Gasteiger charge is 2.18. The Morgan fingerprint density at radius 3 is 2.43 bits per heavy atom. The van der Waals surface area contributed by atoms with E-state index in [4.69, 9.17) is 0 Å². The molecule has 5 nitrogen and oxygen atoms in total. The molecule has 5 heteroatoms. The van der Waals surface area contributed by atoms with Gasteiger partial charge in [0.05, 0.1) is 0 Å². The van der Waals surface area contributed by atoms with Gasteiger partial charge in [-0.05, 0) is 24.6 Å². The standard InChI is InChI=1S/C23H23N5/c1-16-8-5-6-11-19(16)28-13-12-24-21(28)18-10-7-9-17(14-18)20-25-15-26-22(27-20)23(2,3)4/h5-15H,1-4H3. The molecule has 2 aromatic heterocycles. The van der Waals surface area contributed by atoms with E-state index >= 15 is 0 Å². The van der Waals surface area contributed by atoms with E-state index in [2.05, 4.69) is 76.5 Å². The van der Waals surface area contributed by atoms with Crippen LogP contribution in [0.2, 0.25) is 0 Å². The van der Waals surface area contributed by atoms with Gasteiger partial charge in [0, 0.05) is 34.6 Å². The van der Waals surface area contributed by atoms with Crippen LogP contribution in [-0.4, -0.2) is 24.5 Å². The average Bonchev–Trinajstić information content (AvgIpc) is 3.17. The van der Waals surface area contributed by atoms with Gasteiger partial charge >= 0.3 is 0 Å². The number of aromatic nitrogens is 5. The van der Waals surface area contributed by atoms with Crippen molar-refractivity contribution < 1.29 is 0 Å². The molecule has 0 saturated heterocycles. The van der Waals surface area contributed by atoms with Crippen LogP contribution in [0.25, 0.3) is 28.5 Å². The summed E-state index contributed by atoms with van der Waals surface area (Å²) >= 11 is 0. The molecule has 0 amide bonds. The van der Waals surface area contributed by atoms with E-state index in [0.717, 1.165) is 28.5 Å². The zero-order valence-corrected chi connectivity index (χ0v) is 16.6. The van der Waals surface area contributed by atoms with E-state index in [-0.39, 0.29) is 5.41 Å². The third kappa shape index (κ3) is 3.43. The number of rotatable bonds is 3. The lowest BCUT2D eigenvalue weighted by Crippen LogP contribution is -2.16. The largest absolute Gasteiger partial charge is 0.300 e. The first-order chi connectivity index (χ1) is 13.4. The number of para-hydroxylation sites is 1. The van der Waals surface area contributed by atoms with Crippen LogP contribution < -0.4 is 0 Å². The summed E-state index contributed by atoms with van der Waals surface area (Å²) in [4.78, 5) is 18.0. The van der Waals surface area contributed by atoms with Crippen molar-refractivity contribution in [1.29, 1.82) is 0 Å². The predicted octanol–water partition coefficient (Wildman–Crippen LogP) is 5.00. The van der Waals surface area contributed by atoms with Crippen molar-refractivity contribution in [2.24, 2.45) is 0 Å². The Morgan fingerprint density at radius 2 is 1.64 bits per heavy atom. The first kappa shape index (κ1) is 18.0. The van der Waals surface area contributed by atoms with Crippen molar-refractivity contribution in [3.8, 4) is 28.5 Å². The van der Waals surface area contributed by atoms with Crippen LogP contribution in [-0.2, 0) is 5.41 Å². The number of imidazole rings is 1. The summed E-state index contributed by atoms with van der Waals surface area (Å²) in [5, 5.41) is 0. The van der Waals surface area contributed by atoms with Crippen molar-refractivity contribution in [3.05, 3.63) is 78.6 Å². The second-order valence-electron chi connectivity index (χ2n) is 7.87. The molecule has 2 aromatic carbocycles. The maximum absolute atomic E-state index is 4.68. The van der Waals surface area contributed by atoms with Gasteiger partial charge in [-0.1, -0.05) is 57.2 Å². The van der Waals surface area contributed by atoms with E-state index in [1.165, 1.54) is 5.56 Å². The Balaban J connectivity index is 1.78. The molecule has 4 rings (SSSR count). The molecule has 2 heterocycles. The summed E-state index contributed by atoms with van der Waals surface area (Å²) in [6.45, 7) is 8.40. The van der Waals surface area contributed by atoms with Gasteiger partial charge in [0.2, 0.25) is 0 Å². The van der Waals surface area contributed by atoms with E-state index in [9.17, 15) is 0 Å². The Kier molecular flexibility index (Phi) is 4.51. The molecule has 0 bridgehead atoms. The Hall–Kier alpha value is -3.34. The smallest absolute Gasteiger partial charge is 0.163 e. The number of hydrogen-bond donors (Lipinski definition) is 0. The molecule has 0 fully saturated rings. The van der Waals surface area contributed by atoms with Gasteiger partial charge in [-0.15, -0.1) is 0 Å². The maximum Gasteiger partial charge on any atom is 0.163 e. The van der Waals surface area contributed by atoms with Crippen LogP contribution >= 0.6 is 0 Å². The molecule has 0 unspecified atom stereocenters. The Morgan fingerprint density at radius 1 is 0.857 bits per heavy atom. The summed E-state index contributed by atoms with van der Waals surface area (Å²) in [5.41, 5.74) is 4.16. The van der Waals surface area contributed by atoms with Gasteiger partial charge in [0.1, 0.15) is 18.0 Å². The molecule has 140 valence electrons. The summed E-state index contributed by atoms with van der Waals surface area (Å²) in [7, 11) is 0. The summed E-state index contributed by atoms with van der Waals surface area (Å²) in [6, 6.07) is 16.5. The number of benzene rings is 2. The van der Waals surface area contributed by atoms with E-state index in [0.29, 0.717) is 5.82 Å². The Bertz CT molecular complexity index is 1120.